The highest BCUT2D eigenvalue weighted by atomic mass is 32.1. The topological polar surface area (TPSA) is 37.3 Å². The van der Waals surface area contributed by atoms with Gasteiger partial charge in [-0.15, -0.1) is 11.3 Å². The highest BCUT2D eigenvalue weighted by Gasteiger charge is 2.16. The first-order valence-corrected chi connectivity index (χ1v) is 6.01. The first kappa shape index (κ1) is 10.9. The lowest BCUT2D eigenvalue weighted by Gasteiger charge is -2.03. The Labute approximate surface area is 98.2 Å². The minimum Gasteiger partial charge on any atom is -0.478 e. The lowest BCUT2D eigenvalue weighted by Crippen LogP contribution is -1.97. The summed E-state index contributed by atoms with van der Waals surface area (Å²) in [5.74, 6) is -0.852. The number of benzene rings is 1. The molecule has 0 aliphatic heterocycles. The van der Waals surface area contributed by atoms with E-state index in [0.717, 1.165) is 22.4 Å². The van der Waals surface area contributed by atoms with Crippen molar-refractivity contribution in [3.8, 4) is 11.1 Å². The van der Waals surface area contributed by atoms with E-state index in [0.29, 0.717) is 5.56 Å². The number of carboxylic acids is 1. The predicted molar refractivity (Wildman–Crippen MR) is 66.1 cm³/mol. The second-order valence-corrected chi connectivity index (χ2v) is 4.44. The molecule has 0 unspecified atom stereocenters. The molecule has 0 atom stereocenters. The summed E-state index contributed by atoms with van der Waals surface area (Å²) < 4.78 is 0. The van der Waals surface area contributed by atoms with Crippen LogP contribution in [0.25, 0.3) is 11.1 Å². The van der Waals surface area contributed by atoms with E-state index in [-0.39, 0.29) is 0 Å². The summed E-state index contributed by atoms with van der Waals surface area (Å²) in [4.78, 5) is 12.3. The zero-order chi connectivity index (χ0) is 11.5. The molecule has 0 aliphatic carbocycles. The molecule has 2 rings (SSSR count). The van der Waals surface area contributed by atoms with E-state index in [1.54, 1.807) is 5.38 Å². The molecule has 1 aromatic carbocycles. The van der Waals surface area contributed by atoms with Gasteiger partial charge in [-0.3, -0.25) is 0 Å². The molecule has 1 aromatic heterocycles. The molecule has 1 heterocycles. The average molecular weight is 232 g/mol. The summed E-state index contributed by atoms with van der Waals surface area (Å²) in [6, 6.07) is 9.69. The Morgan fingerprint density at radius 3 is 2.56 bits per heavy atom. The molecule has 0 bridgehead atoms. The minimum absolute atomic E-state index is 0.410. The van der Waals surface area contributed by atoms with Crippen LogP contribution in [0.3, 0.4) is 0 Å². The molecular formula is C13H12O2S. The van der Waals surface area contributed by atoms with Crippen LogP contribution in [0.15, 0.2) is 35.7 Å². The van der Waals surface area contributed by atoms with Crippen molar-refractivity contribution in [3.63, 3.8) is 0 Å². The lowest BCUT2D eigenvalue weighted by atomic mass is 10.0. The van der Waals surface area contributed by atoms with Gasteiger partial charge in [0.1, 0.15) is 0 Å². The normalized spacial score (nSPS) is 10.3. The Hall–Kier alpha value is -1.61. The van der Waals surface area contributed by atoms with E-state index >= 15 is 0 Å². The maximum Gasteiger partial charge on any atom is 0.337 e. The molecule has 2 nitrogen and oxygen atoms in total. The van der Waals surface area contributed by atoms with Crippen molar-refractivity contribution < 1.29 is 9.90 Å². The zero-order valence-electron chi connectivity index (χ0n) is 8.93. The third kappa shape index (κ3) is 1.86. The number of carboxylic acid groups (broad SMARTS) is 1. The van der Waals surface area contributed by atoms with Gasteiger partial charge in [0.2, 0.25) is 0 Å². The molecule has 3 heteroatoms. The van der Waals surface area contributed by atoms with Gasteiger partial charge in [-0.05, 0) is 12.0 Å². The number of hydrogen-bond donors (Lipinski definition) is 1. The van der Waals surface area contributed by atoms with Crippen LogP contribution in [0.1, 0.15) is 22.2 Å². The summed E-state index contributed by atoms with van der Waals surface area (Å²) >= 11 is 1.52. The summed E-state index contributed by atoms with van der Waals surface area (Å²) in [6.45, 7) is 2.05. The van der Waals surface area contributed by atoms with E-state index in [2.05, 4.69) is 0 Å². The van der Waals surface area contributed by atoms with Gasteiger partial charge in [0.25, 0.3) is 0 Å². The molecule has 0 fully saturated rings. The zero-order valence-corrected chi connectivity index (χ0v) is 9.75. The molecule has 2 aromatic rings. The number of hydrogen-bond acceptors (Lipinski definition) is 2. The molecule has 0 spiro atoms. The van der Waals surface area contributed by atoms with E-state index < -0.39 is 5.97 Å². The first-order chi connectivity index (χ1) is 7.74. The van der Waals surface area contributed by atoms with Crippen LogP contribution in [-0.2, 0) is 6.42 Å². The number of carbonyl (C=O) groups is 1. The maximum atomic E-state index is 11.1. The SMILES string of the molecule is CCc1scc(C(=O)O)c1-c1ccccc1. The molecule has 0 saturated carbocycles. The number of rotatable bonds is 3. The Morgan fingerprint density at radius 2 is 2.00 bits per heavy atom. The van der Waals surface area contributed by atoms with Crippen LogP contribution in [-0.4, -0.2) is 11.1 Å². The van der Waals surface area contributed by atoms with E-state index in [1.165, 1.54) is 11.3 Å². The Kier molecular flexibility index (Phi) is 3.06. The van der Waals surface area contributed by atoms with E-state index in [4.69, 9.17) is 5.11 Å². The molecule has 0 aliphatic rings. The van der Waals surface area contributed by atoms with Gasteiger partial charge in [-0.25, -0.2) is 4.79 Å². The van der Waals surface area contributed by atoms with Crippen molar-refractivity contribution in [2.45, 2.75) is 13.3 Å². The van der Waals surface area contributed by atoms with Gasteiger partial charge in [0.05, 0.1) is 5.56 Å². The van der Waals surface area contributed by atoms with Crippen molar-refractivity contribution in [1.82, 2.24) is 0 Å². The Morgan fingerprint density at radius 1 is 1.31 bits per heavy atom. The van der Waals surface area contributed by atoms with Crippen molar-refractivity contribution in [2.24, 2.45) is 0 Å². The molecule has 16 heavy (non-hydrogen) atoms. The van der Waals surface area contributed by atoms with Gasteiger partial charge < -0.3 is 5.11 Å². The maximum absolute atomic E-state index is 11.1. The predicted octanol–water partition coefficient (Wildman–Crippen LogP) is 3.68. The molecule has 0 saturated heterocycles. The van der Waals surface area contributed by atoms with Crippen LogP contribution >= 0.6 is 11.3 Å². The van der Waals surface area contributed by atoms with Crippen molar-refractivity contribution in [1.29, 1.82) is 0 Å². The third-order valence-corrected chi connectivity index (χ3v) is 3.61. The van der Waals surface area contributed by atoms with E-state index in [9.17, 15) is 4.79 Å². The standard InChI is InChI=1S/C13H12O2S/c1-2-11-12(9-6-4-3-5-7-9)10(8-16-11)13(14)15/h3-8H,2H2,1H3,(H,14,15). The quantitative estimate of drug-likeness (QED) is 0.876. The van der Waals surface area contributed by atoms with E-state index in [1.807, 2.05) is 37.3 Å². The first-order valence-electron chi connectivity index (χ1n) is 5.13. The fraction of sp³-hybridized carbons (Fsp3) is 0.154. The molecule has 1 N–H and O–H groups in total. The summed E-state index contributed by atoms with van der Waals surface area (Å²) in [5.41, 5.74) is 2.27. The number of thiophene rings is 1. The monoisotopic (exact) mass is 232 g/mol. The summed E-state index contributed by atoms with van der Waals surface area (Å²) in [5, 5.41) is 10.9. The Balaban J connectivity index is 2.62. The van der Waals surface area contributed by atoms with Crippen LogP contribution < -0.4 is 0 Å². The summed E-state index contributed by atoms with van der Waals surface area (Å²) in [7, 11) is 0. The van der Waals surface area contributed by atoms with Crippen LogP contribution in [0, 0.1) is 0 Å². The van der Waals surface area contributed by atoms with Gasteiger partial charge in [-0.1, -0.05) is 37.3 Å². The second kappa shape index (κ2) is 4.49. The van der Waals surface area contributed by atoms with Crippen LogP contribution in [0.2, 0.25) is 0 Å². The Bertz CT molecular complexity index is 500. The van der Waals surface area contributed by atoms with Crippen LogP contribution in [0.5, 0.6) is 0 Å². The van der Waals surface area contributed by atoms with Gasteiger partial charge in [0.15, 0.2) is 0 Å². The largest absolute Gasteiger partial charge is 0.478 e. The summed E-state index contributed by atoms with van der Waals surface area (Å²) in [6.07, 6.45) is 0.863. The second-order valence-electron chi connectivity index (χ2n) is 3.47. The third-order valence-electron chi connectivity index (χ3n) is 2.48. The van der Waals surface area contributed by atoms with Crippen molar-refractivity contribution in [3.05, 3.63) is 46.2 Å². The lowest BCUT2D eigenvalue weighted by molar-refractivity contribution is 0.0698. The number of aromatic carboxylic acids is 1. The molecular weight excluding hydrogens is 220 g/mol. The molecule has 0 amide bonds. The number of aryl methyl sites for hydroxylation is 1. The van der Waals surface area contributed by atoms with Crippen molar-refractivity contribution >= 4 is 17.3 Å². The van der Waals surface area contributed by atoms with Gasteiger partial charge in [0, 0.05) is 15.8 Å². The fourth-order valence-electron chi connectivity index (χ4n) is 1.74. The van der Waals surface area contributed by atoms with Gasteiger partial charge in [-0.2, -0.15) is 0 Å². The van der Waals surface area contributed by atoms with Crippen LogP contribution in [0.4, 0.5) is 0 Å². The highest BCUT2D eigenvalue weighted by molar-refractivity contribution is 7.10. The molecule has 82 valence electrons. The minimum atomic E-state index is -0.852. The van der Waals surface area contributed by atoms with Gasteiger partial charge >= 0.3 is 5.97 Å². The van der Waals surface area contributed by atoms with Crippen molar-refractivity contribution in [2.75, 3.05) is 0 Å². The highest BCUT2D eigenvalue weighted by Crippen LogP contribution is 2.33. The fourth-order valence-corrected chi connectivity index (χ4v) is 2.73. The molecule has 0 radical (unpaired) electrons. The smallest absolute Gasteiger partial charge is 0.337 e. The average Bonchev–Trinajstić information content (AvgIpc) is 2.73.